The van der Waals surface area contributed by atoms with E-state index in [0.29, 0.717) is 5.75 Å². The SMILES string of the molecule is CNc1ccccc1-c1cccc(OS(C)(=O)=O)c1. The van der Waals surface area contributed by atoms with Crippen molar-refractivity contribution in [1.82, 2.24) is 0 Å². The minimum absolute atomic E-state index is 0.311. The molecule has 0 atom stereocenters. The zero-order valence-corrected chi connectivity index (χ0v) is 11.6. The number of rotatable bonds is 4. The second-order valence-electron chi connectivity index (χ2n) is 4.11. The first-order valence-electron chi connectivity index (χ1n) is 5.76. The molecule has 2 rings (SSSR count). The van der Waals surface area contributed by atoms with Gasteiger partial charge in [-0.05, 0) is 23.8 Å². The lowest BCUT2D eigenvalue weighted by atomic mass is 10.0. The maximum absolute atomic E-state index is 11.1. The Kier molecular flexibility index (Phi) is 3.76. The predicted molar refractivity (Wildman–Crippen MR) is 76.9 cm³/mol. The summed E-state index contributed by atoms with van der Waals surface area (Å²) in [6, 6.07) is 14.8. The van der Waals surface area contributed by atoms with E-state index in [9.17, 15) is 8.42 Å². The Bertz CT molecular complexity index is 681. The van der Waals surface area contributed by atoms with E-state index in [1.165, 1.54) is 0 Å². The fourth-order valence-electron chi connectivity index (χ4n) is 1.84. The molecule has 0 unspecified atom stereocenters. The summed E-state index contributed by atoms with van der Waals surface area (Å²) in [7, 11) is -1.66. The van der Waals surface area contributed by atoms with Crippen LogP contribution in [0.25, 0.3) is 11.1 Å². The summed E-state index contributed by atoms with van der Waals surface area (Å²) in [5.74, 6) is 0.311. The van der Waals surface area contributed by atoms with Crippen molar-refractivity contribution in [3.8, 4) is 16.9 Å². The van der Waals surface area contributed by atoms with Gasteiger partial charge < -0.3 is 9.50 Å². The van der Waals surface area contributed by atoms with E-state index < -0.39 is 10.1 Å². The monoisotopic (exact) mass is 277 g/mol. The van der Waals surface area contributed by atoms with Crippen LogP contribution in [0.3, 0.4) is 0 Å². The van der Waals surface area contributed by atoms with E-state index in [4.69, 9.17) is 4.18 Å². The molecule has 0 aliphatic carbocycles. The van der Waals surface area contributed by atoms with Gasteiger partial charge in [-0.2, -0.15) is 8.42 Å². The van der Waals surface area contributed by atoms with Crippen LogP contribution in [0.15, 0.2) is 48.5 Å². The first-order valence-corrected chi connectivity index (χ1v) is 7.58. The molecule has 4 nitrogen and oxygen atoms in total. The third-order valence-corrected chi connectivity index (χ3v) is 3.08. The maximum atomic E-state index is 11.1. The number of hydrogen-bond donors (Lipinski definition) is 1. The molecule has 0 heterocycles. The minimum Gasteiger partial charge on any atom is -0.388 e. The molecular weight excluding hydrogens is 262 g/mol. The summed E-state index contributed by atoms with van der Waals surface area (Å²) in [4.78, 5) is 0. The second kappa shape index (κ2) is 5.32. The van der Waals surface area contributed by atoms with Crippen molar-refractivity contribution in [3.63, 3.8) is 0 Å². The molecule has 0 spiro atoms. The summed E-state index contributed by atoms with van der Waals surface area (Å²) in [5, 5.41) is 3.10. The van der Waals surface area contributed by atoms with E-state index in [1.807, 2.05) is 37.4 Å². The summed E-state index contributed by atoms with van der Waals surface area (Å²) < 4.78 is 27.2. The van der Waals surface area contributed by atoms with Crippen LogP contribution in [-0.4, -0.2) is 21.7 Å². The van der Waals surface area contributed by atoms with Gasteiger partial charge in [0.2, 0.25) is 0 Å². The highest BCUT2D eigenvalue weighted by atomic mass is 32.2. The van der Waals surface area contributed by atoms with Crippen LogP contribution in [0.5, 0.6) is 5.75 Å². The van der Waals surface area contributed by atoms with Crippen molar-refractivity contribution in [2.45, 2.75) is 0 Å². The number of para-hydroxylation sites is 1. The van der Waals surface area contributed by atoms with Crippen molar-refractivity contribution in [2.24, 2.45) is 0 Å². The Hall–Kier alpha value is -2.01. The summed E-state index contributed by atoms with van der Waals surface area (Å²) in [5.41, 5.74) is 2.86. The van der Waals surface area contributed by atoms with Gasteiger partial charge in [-0.15, -0.1) is 0 Å². The highest BCUT2D eigenvalue weighted by Crippen LogP contribution is 2.30. The van der Waals surface area contributed by atoms with Crippen LogP contribution in [0.1, 0.15) is 0 Å². The minimum atomic E-state index is -3.51. The molecule has 1 N–H and O–H groups in total. The van der Waals surface area contributed by atoms with E-state index in [-0.39, 0.29) is 0 Å². The number of benzene rings is 2. The van der Waals surface area contributed by atoms with Crippen molar-refractivity contribution < 1.29 is 12.6 Å². The van der Waals surface area contributed by atoms with Gasteiger partial charge in [-0.1, -0.05) is 30.3 Å². The molecule has 0 amide bonds. The Morgan fingerprint density at radius 1 is 1.05 bits per heavy atom. The second-order valence-corrected chi connectivity index (χ2v) is 5.69. The Morgan fingerprint density at radius 3 is 2.47 bits per heavy atom. The average Bonchev–Trinajstić information content (AvgIpc) is 2.37. The molecule has 0 aromatic heterocycles. The van der Waals surface area contributed by atoms with Crippen LogP contribution in [0.4, 0.5) is 5.69 Å². The number of nitrogens with one attached hydrogen (secondary N) is 1. The fraction of sp³-hybridized carbons (Fsp3) is 0.143. The van der Waals surface area contributed by atoms with Crippen LogP contribution >= 0.6 is 0 Å². The number of hydrogen-bond acceptors (Lipinski definition) is 4. The Labute approximate surface area is 113 Å². The smallest absolute Gasteiger partial charge is 0.306 e. The highest BCUT2D eigenvalue weighted by molar-refractivity contribution is 7.86. The zero-order chi connectivity index (χ0) is 13.9. The fourth-order valence-corrected chi connectivity index (χ4v) is 2.30. The molecule has 2 aromatic carbocycles. The van der Waals surface area contributed by atoms with Crippen molar-refractivity contribution >= 4 is 15.8 Å². The van der Waals surface area contributed by atoms with Gasteiger partial charge in [0, 0.05) is 18.3 Å². The first-order chi connectivity index (χ1) is 8.99. The van der Waals surface area contributed by atoms with Gasteiger partial charge in [0.25, 0.3) is 0 Å². The van der Waals surface area contributed by atoms with E-state index >= 15 is 0 Å². The molecule has 100 valence electrons. The van der Waals surface area contributed by atoms with Gasteiger partial charge in [-0.3, -0.25) is 0 Å². The van der Waals surface area contributed by atoms with Crippen LogP contribution in [-0.2, 0) is 10.1 Å². The molecule has 0 saturated heterocycles. The Morgan fingerprint density at radius 2 is 1.79 bits per heavy atom. The molecule has 19 heavy (non-hydrogen) atoms. The van der Waals surface area contributed by atoms with E-state index in [1.54, 1.807) is 18.2 Å². The van der Waals surface area contributed by atoms with Gasteiger partial charge in [0.15, 0.2) is 0 Å². The maximum Gasteiger partial charge on any atom is 0.306 e. The van der Waals surface area contributed by atoms with E-state index in [0.717, 1.165) is 23.1 Å². The van der Waals surface area contributed by atoms with Crippen molar-refractivity contribution in [3.05, 3.63) is 48.5 Å². The average molecular weight is 277 g/mol. The molecular formula is C14H15NO3S. The lowest BCUT2D eigenvalue weighted by Crippen LogP contribution is -2.05. The van der Waals surface area contributed by atoms with Crippen LogP contribution in [0, 0.1) is 0 Å². The molecule has 0 bridgehead atoms. The van der Waals surface area contributed by atoms with Gasteiger partial charge in [0.1, 0.15) is 5.75 Å². The first kappa shape index (κ1) is 13.4. The standard InChI is InChI=1S/C14H15NO3S/c1-15-14-9-4-3-8-13(14)11-6-5-7-12(10-11)18-19(2,16)17/h3-10,15H,1-2H3. The molecule has 0 saturated carbocycles. The van der Waals surface area contributed by atoms with Gasteiger partial charge in [-0.25, -0.2) is 0 Å². The molecule has 0 aliphatic heterocycles. The van der Waals surface area contributed by atoms with Crippen molar-refractivity contribution in [2.75, 3.05) is 18.6 Å². The van der Waals surface area contributed by atoms with Crippen LogP contribution < -0.4 is 9.50 Å². The van der Waals surface area contributed by atoms with Gasteiger partial charge in [0.05, 0.1) is 6.26 Å². The molecule has 0 aliphatic rings. The summed E-state index contributed by atoms with van der Waals surface area (Å²) >= 11 is 0. The number of anilines is 1. The third kappa shape index (κ3) is 3.48. The molecule has 2 aromatic rings. The summed E-state index contributed by atoms with van der Waals surface area (Å²) in [6.45, 7) is 0. The van der Waals surface area contributed by atoms with Crippen molar-refractivity contribution in [1.29, 1.82) is 0 Å². The van der Waals surface area contributed by atoms with Gasteiger partial charge >= 0.3 is 10.1 Å². The molecule has 5 heteroatoms. The topological polar surface area (TPSA) is 55.4 Å². The molecule has 0 fully saturated rings. The zero-order valence-electron chi connectivity index (χ0n) is 10.8. The normalized spacial score (nSPS) is 11.1. The molecule has 0 radical (unpaired) electrons. The predicted octanol–water partition coefficient (Wildman–Crippen LogP) is 2.73. The van der Waals surface area contributed by atoms with E-state index in [2.05, 4.69) is 5.32 Å². The third-order valence-electron chi connectivity index (χ3n) is 2.59. The lowest BCUT2D eigenvalue weighted by Gasteiger charge is -2.10. The largest absolute Gasteiger partial charge is 0.388 e. The quantitative estimate of drug-likeness (QED) is 0.873. The highest BCUT2D eigenvalue weighted by Gasteiger charge is 2.07. The lowest BCUT2D eigenvalue weighted by molar-refractivity contribution is 0.493. The summed E-state index contributed by atoms with van der Waals surface area (Å²) in [6.07, 6.45) is 1.03. The van der Waals surface area contributed by atoms with Crippen LogP contribution in [0.2, 0.25) is 0 Å². The Balaban J connectivity index is 2.43.